The number of rotatable bonds is 7. The average Bonchev–Trinajstić information content (AvgIpc) is 2.49. The highest BCUT2D eigenvalue weighted by Gasteiger charge is 2.22. The van der Waals surface area contributed by atoms with Gasteiger partial charge in [-0.25, -0.2) is 0 Å². The Morgan fingerprint density at radius 2 is 2.19 bits per heavy atom. The van der Waals surface area contributed by atoms with E-state index in [1.165, 1.54) is 61.8 Å². The van der Waals surface area contributed by atoms with E-state index in [2.05, 4.69) is 64.3 Å². The second kappa shape index (κ2) is 8.92. The zero-order valence-corrected chi connectivity index (χ0v) is 15.0. The third kappa shape index (κ3) is 5.08. The van der Waals surface area contributed by atoms with Gasteiger partial charge in [0.1, 0.15) is 0 Å². The van der Waals surface area contributed by atoms with Gasteiger partial charge in [0.25, 0.3) is 0 Å². The van der Waals surface area contributed by atoms with Crippen molar-refractivity contribution in [2.24, 2.45) is 0 Å². The predicted octanol–water partition coefficient (Wildman–Crippen LogP) is 4.75. The normalized spacial score (nSPS) is 20.7. The van der Waals surface area contributed by atoms with Crippen LogP contribution in [-0.4, -0.2) is 30.6 Å². The number of halogens is 1. The number of hydrogen-bond donors (Lipinski definition) is 1. The molecule has 0 aromatic heterocycles. The molecule has 1 aromatic rings. The van der Waals surface area contributed by atoms with Crippen LogP contribution >= 0.6 is 15.9 Å². The average molecular weight is 353 g/mol. The fourth-order valence-corrected chi connectivity index (χ4v) is 3.86. The maximum atomic E-state index is 3.70. The van der Waals surface area contributed by atoms with Gasteiger partial charge in [-0.05, 0) is 56.5 Å². The van der Waals surface area contributed by atoms with Gasteiger partial charge in [-0.3, -0.25) is 4.90 Å². The quantitative estimate of drug-likeness (QED) is 0.761. The van der Waals surface area contributed by atoms with Crippen LogP contribution in [0.25, 0.3) is 0 Å². The second-order valence-electron chi connectivity index (χ2n) is 6.12. The Morgan fingerprint density at radius 1 is 1.33 bits per heavy atom. The topological polar surface area (TPSA) is 15.3 Å². The van der Waals surface area contributed by atoms with Gasteiger partial charge < -0.3 is 5.32 Å². The summed E-state index contributed by atoms with van der Waals surface area (Å²) in [7, 11) is 0. The van der Waals surface area contributed by atoms with E-state index in [0.717, 1.165) is 0 Å². The van der Waals surface area contributed by atoms with Crippen molar-refractivity contribution >= 4 is 15.9 Å². The van der Waals surface area contributed by atoms with Crippen molar-refractivity contribution in [3.63, 3.8) is 0 Å². The van der Waals surface area contributed by atoms with Crippen LogP contribution in [0.1, 0.15) is 57.6 Å². The highest BCUT2D eigenvalue weighted by atomic mass is 79.9. The first-order chi connectivity index (χ1) is 10.2. The zero-order chi connectivity index (χ0) is 15.1. The Morgan fingerprint density at radius 3 is 2.81 bits per heavy atom. The lowest BCUT2D eigenvalue weighted by Gasteiger charge is -2.36. The minimum atomic E-state index is 0.533. The van der Waals surface area contributed by atoms with Gasteiger partial charge in [-0.2, -0.15) is 0 Å². The molecule has 1 aliphatic rings. The molecule has 2 unspecified atom stereocenters. The summed E-state index contributed by atoms with van der Waals surface area (Å²) in [5, 5.41) is 3.70. The summed E-state index contributed by atoms with van der Waals surface area (Å²) < 4.78 is 1.19. The van der Waals surface area contributed by atoms with E-state index in [-0.39, 0.29) is 0 Å². The van der Waals surface area contributed by atoms with Gasteiger partial charge in [0.05, 0.1) is 0 Å². The smallest absolute Gasteiger partial charge is 0.0346 e. The van der Waals surface area contributed by atoms with Gasteiger partial charge in [0.2, 0.25) is 0 Å². The maximum Gasteiger partial charge on any atom is 0.0346 e. The van der Waals surface area contributed by atoms with Crippen LogP contribution in [0, 0.1) is 0 Å². The summed E-state index contributed by atoms with van der Waals surface area (Å²) >= 11 is 3.62. The van der Waals surface area contributed by atoms with Crippen molar-refractivity contribution in [2.45, 2.75) is 58.0 Å². The number of hydrogen-bond acceptors (Lipinski definition) is 2. The summed E-state index contributed by atoms with van der Waals surface area (Å²) in [5.41, 5.74) is 1.44. The van der Waals surface area contributed by atoms with Crippen molar-refractivity contribution in [1.29, 1.82) is 0 Å². The van der Waals surface area contributed by atoms with Gasteiger partial charge in [-0.1, -0.05) is 48.3 Å². The first-order valence-electron chi connectivity index (χ1n) is 8.47. The number of nitrogens with one attached hydrogen (secondary N) is 1. The first kappa shape index (κ1) is 17.0. The lowest BCUT2D eigenvalue weighted by molar-refractivity contribution is 0.161. The molecule has 1 aliphatic heterocycles. The molecule has 1 saturated heterocycles. The molecule has 1 aromatic carbocycles. The van der Waals surface area contributed by atoms with Crippen molar-refractivity contribution in [1.82, 2.24) is 10.2 Å². The van der Waals surface area contributed by atoms with Crippen LogP contribution in [0.3, 0.4) is 0 Å². The Labute approximate surface area is 138 Å². The fraction of sp³-hybridized carbons (Fsp3) is 0.667. The Balaban J connectivity index is 2.09. The van der Waals surface area contributed by atoms with E-state index in [1.807, 2.05) is 0 Å². The molecule has 3 heteroatoms. The zero-order valence-electron chi connectivity index (χ0n) is 13.4. The third-order valence-corrected chi connectivity index (χ3v) is 4.93. The molecule has 2 rings (SSSR count). The summed E-state index contributed by atoms with van der Waals surface area (Å²) in [6.45, 7) is 8.15. The lowest BCUT2D eigenvalue weighted by Crippen LogP contribution is -2.45. The Hall–Kier alpha value is -0.380. The van der Waals surface area contributed by atoms with Gasteiger partial charge >= 0.3 is 0 Å². The molecule has 0 saturated carbocycles. The van der Waals surface area contributed by atoms with E-state index in [4.69, 9.17) is 0 Å². The highest BCUT2D eigenvalue weighted by molar-refractivity contribution is 9.10. The number of nitrogens with zero attached hydrogens (tertiary/aromatic N) is 1. The molecule has 118 valence electrons. The molecule has 21 heavy (non-hydrogen) atoms. The molecule has 1 heterocycles. The van der Waals surface area contributed by atoms with Crippen molar-refractivity contribution in [3.8, 4) is 0 Å². The van der Waals surface area contributed by atoms with Crippen molar-refractivity contribution in [2.75, 3.05) is 19.6 Å². The molecule has 0 aliphatic carbocycles. The number of piperidine rings is 1. The predicted molar refractivity (Wildman–Crippen MR) is 94.7 cm³/mol. The molecule has 0 bridgehead atoms. The number of benzene rings is 1. The van der Waals surface area contributed by atoms with E-state index in [9.17, 15) is 0 Å². The molecule has 0 radical (unpaired) electrons. The summed E-state index contributed by atoms with van der Waals surface area (Å²) in [4.78, 5) is 2.69. The standard InChI is InChI=1S/C18H29BrN2/c1-3-12-21(14-17-10-5-6-11-20-17)18(4-2)15-8-7-9-16(19)13-15/h7-9,13,17-18,20H,3-6,10-12,14H2,1-2H3. The van der Waals surface area contributed by atoms with Crippen molar-refractivity contribution < 1.29 is 0 Å². The Kier molecular flexibility index (Phi) is 7.21. The van der Waals surface area contributed by atoms with Crippen LogP contribution in [0.2, 0.25) is 0 Å². The molecule has 0 amide bonds. The monoisotopic (exact) mass is 352 g/mol. The minimum Gasteiger partial charge on any atom is -0.313 e. The molecule has 2 nitrogen and oxygen atoms in total. The van der Waals surface area contributed by atoms with Gasteiger partial charge in [-0.15, -0.1) is 0 Å². The third-order valence-electron chi connectivity index (χ3n) is 4.44. The molecular weight excluding hydrogens is 324 g/mol. The highest BCUT2D eigenvalue weighted by Crippen LogP contribution is 2.27. The SMILES string of the molecule is CCCN(CC1CCCCN1)C(CC)c1cccc(Br)c1. The minimum absolute atomic E-state index is 0.533. The van der Waals surface area contributed by atoms with Gasteiger partial charge in [0.15, 0.2) is 0 Å². The molecule has 1 fully saturated rings. The van der Waals surface area contributed by atoms with Crippen LogP contribution in [-0.2, 0) is 0 Å². The molecule has 0 spiro atoms. The first-order valence-corrected chi connectivity index (χ1v) is 9.26. The summed E-state index contributed by atoms with van der Waals surface area (Å²) in [6.07, 6.45) is 6.44. The van der Waals surface area contributed by atoms with E-state index >= 15 is 0 Å². The maximum absolute atomic E-state index is 3.70. The van der Waals surface area contributed by atoms with E-state index in [0.29, 0.717) is 12.1 Å². The lowest BCUT2D eigenvalue weighted by atomic mass is 9.99. The van der Waals surface area contributed by atoms with Crippen LogP contribution in [0.5, 0.6) is 0 Å². The molecule has 2 atom stereocenters. The van der Waals surface area contributed by atoms with E-state index < -0.39 is 0 Å². The van der Waals surface area contributed by atoms with E-state index in [1.54, 1.807) is 0 Å². The van der Waals surface area contributed by atoms with Crippen LogP contribution in [0.4, 0.5) is 0 Å². The summed E-state index contributed by atoms with van der Waals surface area (Å²) in [5.74, 6) is 0. The fourth-order valence-electron chi connectivity index (χ4n) is 3.44. The molecular formula is C18H29BrN2. The Bertz CT molecular complexity index is 415. The van der Waals surface area contributed by atoms with Crippen LogP contribution < -0.4 is 5.32 Å². The largest absolute Gasteiger partial charge is 0.313 e. The molecule has 1 N–H and O–H groups in total. The second-order valence-corrected chi connectivity index (χ2v) is 7.04. The van der Waals surface area contributed by atoms with Crippen LogP contribution in [0.15, 0.2) is 28.7 Å². The van der Waals surface area contributed by atoms with Crippen molar-refractivity contribution in [3.05, 3.63) is 34.3 Å². The van der Waals surface area contributed by atoms with Gasteiger partial charge in [0, 0.05) is 23.1 Å². The summed E-state index contributed by atoms with van der Waals surface area (Å²) in [6, 6.07) is 10.0.